The molecule has 0 amide bonds. The summed E-state index contributed by atoms with van der Waals surface area (Å²) in [5.74, 6) is -0.366. The number of aromatic nitrogens is 1. The zero-order valence-electron chi connectivity index (χ0n) is 13.4. The van der Waals surface area contributed by atoms with Crippen LogP contribution in [0.4, 0.5) is 10.1 Å². The van der Waals surface area contributed by atoms with Crippen LogP contribution < -0.4 is 10.5 Å². The Morgan fingerprint density at radius 1 is 1.33 bits per heavy atom. The minimum absolute atomic E-state index is 0.0310. The molecule has 4 rings (SSSR count). The summed E-state index contributed by atoms with van der Waals surface area (Å²) in [4.78, 5) is 14.2. The largest absolute Gasteiger partial charge is 0.507 e. The molecule has 1 N–H and O–H groups in total. The summed E-state index contributed by atoms with van der Waals surface area (Å²) in [6.07, 6.45) is 2.66. The van der Waals surface area contributed by atoms with Gasteiger partial charge in [-0.1, -0.05) is 6.92 Å². The fourth-order valence-electron chi connectivity index (χ4n) is 3.70. The Labute approximate surface area is 138 Å². The van der Waals surface area contributed by atoms with Crippen LogP contribution in [0.25, 0.3) is 10.9 Å². The second-order valence-electron chi connectivity index (χ2n) is 6.90. The molecule has 1 aromatic heterocycles. The molecule has 2 aromatic rings. The van der Waals surface area contributed by atoms with E-state index in [0.717, 1.165) is 25.3 Å². The van der Waals surface area contributed by atoms with Gasteiger partial charge in [0.1, 0.15) is 23.2 Å². The van der Waals surface area contributed by atoms with Gasteiger partial charge in [-0.25, -0.2) is 4.39 Å². The third kappa shape index (κ3) is 2.15. The third-order valence-corrected chi connectivity index (χ3v) is 5.00. The highest BCUT2D eigenvalue weighted by Crippen LogP contribution is 2.41. The van der Waals surface area contributed by atoms with E-state index in [4.69, 9.17) is 0 Å². The first-order chi connectivity index (χ1) is 11.5. The minimum atomic E-state index is -0.524. The van der Waals surface area contributed by atoms with Crippen molar-refractivity contribution in [3.8, 4) is 11.8 Å². The molecule has 1 aromatic carbocycles. The molecule has 1 atom stereocenters. The van der Waals surface area contributed by atoms with Crippen molar-refractivity contribution in [2.75, 3.05) is 18.0 Å². The van der Waals surface area contributed by atoms with Gasteiger partial charge in [0.2, 0.25) is 0 Å². The number of halogens is 1. The van der Waals surface area contributed by atoms with Gasteiger partial charge in [-0.15, -0.1) is 0 Å². The molecular weight excluding hydrogens is 309 g/mol. The average Bonchev–Trinajstić information content (AvgIpc) is 3.28. The van der Waals surface area contributed by atoms with Gasteiger partial charge in [0, 0.05) is 30.6 Å². The summed E-state index contributed by atoms with van der Waals surface area (Å²) in [5.41, 5.74) is 0.431. The van der Waals surface area contributed by atoms with Crippen LogP contribution in [-0.2, 0) is 0 Å². The van der Waals surface area contributed by atoms with E-state index in [0.29, 0.717) is 24.5 Å². The predicted molar refractivity (Wildman–Crippen MR) is 88.8 cm³/mol. The van der Waals surface area contributed by atoms with E-state index in [2.05, 4.69) is 13.0 Å². The van der Waals surface area contributed by atoms with Gasteiger partial charge in [0.25, 0.3) is 5.56 Å². The summed E-state index contributed by atoms with van der Waals surface area (Å²) in [7, 11) is 0. The predicted octanol–water partition coefficient (Wildman–Crippen LogP) is 2.90. The average molecular weight is 327 g/mol. The zero-order chi connectivity index (χ0) is 17.0. The topological polar surface area (TPSA) is 69.3 Å². The van der Waals surface area contributed by atoms with Crippen molar-refractivity contribution < 1.29 is 9.50 Å². The minimum Gasteiger partial charge on any atom is -0.507 e. The van der Waals surface area contributed by atoms with Gasteiger partial charge in [0.05, 0.1) is 11.2 Å². The number of anilines is 1. The molecule has 1 saturated heterocycles. The van der Waals surface area contributed by atoms with Gasteiger partial charge in [-0.3, -0.25) is 4.79 Å². The second kappa shape index (κ2) is 5.23. The molecule has 24 heavy (non-hydrogen) atoms. The number of pyridine rings is 1. The molecule has 1 aliphatic heterocycles. The van der Waals surface area contributed by atoms with Crippen LogP contribution in [0.15, 0.2) is 16.9 Å². The lowest BCUT2D eigenvalue weighted by molar-refractivity contribution is 0.478. The van der Waals surface area contributed by atoms with E-state index in [1.807, 2.05) is 4.90 Å². The second-order valence-corrected chi connectivity index (χ2v) is 6.90. The molecule has 0 spiro atoms. The normalized spacial score (nSPS) is 20.5. The highest BCUT2D eigenvalue weighted by molar-refractivity contribution is 5.94. The van der Waals surface area contributed by atoms with Gasteiger partial charge in [-0.05, 0) is 31.2 Å². The molecule has 0 unspecified atom stereocenters. The molecule has 5 nitrogen and oxygen atoms in total. The number of fused-ring (bicyclic) bond motifs is 1. The standard InChI is InChI=1S/C18H18FN3O2/c1-10-4-5-21(9-10)18-13(8-20)17-12(6-14(18)19)15(23)7-16(24)22(17)11-2-3-11/h6-7,10-11,23H,2-5,9H2,1H3/t10-/m0/s1. The van der Waals surface area contributed by atoms with Crippen molar-refractivity contribution >= 4 is 16.6 Å². The molecule has 6 heteroatoms. The fraction of sp³-hybridized carbons (Fsp3) is 0.444. The summed E-state index contributed by atoms with van der Waals surface area (Å²) < 4.78 is 16.3. The molecular formula is C18H18FN3O2. The quantitative estimate of drug-likeness (QED) is 0.921. The Hall–Kier alpha value is -2.55. The smallest absolute Gasteiger partial charge is 0.255 e. The van der Waals surface area contributed by atoms with Gasteiger partial charge >= 0.3 is 0 Å². The Kier molecular flexibility index (Phi) is 3.27. The number of nitrogens with zero attached hydrogens (tertiary/aromatic N) is 3. The van der Waals surface area contributed by atoms with Gasteiger partial charge in [-0.2, -0.15) is 5.26 Å². The lowest BCUT2D eigenvalue weighted by atomic mass is 10.0. The van der Waals surface area contributed by atoms with E-state index in [-0.39, 0.29) is 34.0 Å². The Morgan fingerprint density at radius 2 is 2.08 bits per heavy atom. The van der Waals surface area contributed by atoms with Crippen molar-refractivity contribution in [1.82, 2.24) is 4.57 Å². The number of hydrogen-bond acceptors (Lipinski definition) is 4. The fourth-order valence-corrected chi connectivity index (χ4v) is 3.70. The van der Waals surface area contributed by atoms with E-state index in [1.165, 1.54) is 6.07 Å². The molecule has 2 heterocycles. The number of rotatable bonds is 2. The number of aromatic hydroxyl groups is 1. The highest BCUT2D eigenvalue weighted by Gasteiger charge is 2.31. The maximum absolute atomic E-state index is 14.8. The Morgan fingerprint density at radius 3 is 2.67 bits per heavy atom. The maximum Gasteiger partial charge on any atom is 0.255 e. The molecule has 124 valence electrons. The molecule has 0 bridgehead atoms. The molecule has 0 radical (unpaired) electrons. The zero-order valence-corrected chi connectivity index (χ0v) is 13.4. The van der Waals surface area contributed by atoms with Crippen LogP contribution in [0.2, 0.25) is 0 Å². The van der Waals surface area contributed by atoms with Crippen LogP contribution in [0.1, 0.15) is 37.8 Å². The third-order valence-electron chi connectivity index (χ3n) is 5.00. The molecule has 1 saturated carbocycles. The summed E-state index contributed by atoms with van der Waals surface area (Å²) in [6, 6.07) is 4.49. The van der Waals surface area contributed by atoms with Crippen molar-refractivity contribution in [1.29, 1.82) is 5.26 Å². The number of hydrogen-bond donors (Lipinski definition) is 1. The summed E-state index contributed by atoms with van der Waals surface area (Å²) in [6.45, 7) is 3.46. The van der Waals surface area contributed by atoms with Crippen molar-refractivity contribution in [2.45, 2.75) is 32.2 Å². The highest BCUT2D eigenvalue weighted by atomic mass is 19.1. The number of nitriles is 1. The first-order valence-corrected chi connectivity index (χ1v) is 8.27. The van der Waals surface area contributed by atoms with Crippen LogP contribution in [0.5, 0.6) is 5.75 Å². The lowest BCUT2D eigenvalue weighted by Crippen LogP contribution is -2.24. The molecule has 2 aliphatic rings. The van der Waals surface area contributed by atoms with E-state index in [1.54, 1.807) is 4.57 Å². The van der Waals surface area contributed by atoms with Crippen LogP contribution >= 0.6 is 0 Å². The van der Waals surface area contributed by atoms with Gasteiger partial charge in [0.15, 0.2) is 0 Å². The molecule has 1 aliphatic carbocycles. The van der Waals surface area contributed by atoms with E-state index in [9.17, 15) is 19.6 Å². The van der Waals surface area contributed by atoms with E-state index < -0.39 is 5.82 Å². The van der Waals surface area contributed by atoms with Crippen molar-refractivity contribution in [3.63, 3.8) is 0 Å². The van der Waals surface area contributed by atoms with Crippen LogP contribution in [-0.4, -0.2) is 22.8 Å². The monoisotopic (exact) mass is 327 g/mol. The summed E-state index contributed by atoms with van der Waals surface area (Å²) in [5, 5.41) is 20.1. The van der Waals surface area contributed by atoms with Crippen molar-refractivity contribution in [2.24, 2.45) is 5.92 Å². The van der Waals surface area contributed by atoms with Crippen molar-refractivity contribution in [3.05, 3.63) is 33.9 Å². The SMILES string of the molecule is C[C@H]1CCN(c2c(F)cc3c(O)cc(=O)n(C4CC4)c3c2C#N)C1. The Bertz CT molecular complexity index is 940. The van der Waals surface area contributed by atoms with Crippen LogP contribution in [0, 0.1) is 23.1 Å². The first-order valence-electron chi connectivity index (χ1n) is 8.27. The van der Waals surface area contributed by atoms with Crippen LogP contribution in [0.3, 0.4) is 0 Å². The van der Waals surface area contributed by atoms with E-state index >= 15 is 0 Å². The molecule has 2 fully saturated rings. The summed E-state index contributed by atoms with van der Waals surface area (Å²) >= 11 is 0. The van der Waals surface area contributed by atoms with Gasteiger partial charge < -0.3 is 14.6 Å². The number of benzene rings is 1. The first kappa shape index (κ1) is 15.0. The lowest BCUT2D eigenvalue weighted by Gasteiger charge is -2.23. The Balaban J connectivity index is 2.08. The maximum atomic E-state index is 14.8.